The first-order chi connectivity index (χ1) is 38.7. The van der Waals surface area contributed by atoms with Crippen LogP contribution < -0.4 is 41.5 Å². The second-order valence-corrected chi connectivity index (χ2v) is 28.3. The van der Waals surface area contributed by atoms with Crippen molar-refractivity contribution in [3.8, 4) is 33.4 Å². The zero-order chi connectivity index (χ0) is 51.9. The van der Waals surface area contributed by atoms with Crippen molar-refractivity contribution in [2.24, 2.45) is 0 Å². The second kappa shape index (κ2) is 19.9. The molecule has 0 nitrogen and oxygen atoms in total. The average molecular weight is 1020 g/mol. The van der Waals surface area contributed by atoms with Crippen LogP contribution in [0.4, 0.5) is 0 Å². The molecule has 0 unspecified atom stereocenters. The van der Waals surface area contributed by atoms with Crippen LogP contribution in [0.25, 0.3) is 76.5 Å². The molecule has 0 N–H and O–H groups in total. The van der Waals surface area contributed by atoms with Crippen molar-refractivity contribution in [2.45, 2.75) is 0 Å². The molecule has 0 heterocycles. The van der Waals surface area contributed by atoms with Gasteiger partial charge in [-0.05, 0) is 130 Å². The lowest BCUT2D eigenvalue weighted by atomic mass is 9.87. The van der Waals surface area contributed by atoms with Crippen molar-refractivity contribution < 1.29 is 0 Å². The molecule has 0 saturated heterocycles. The highest BCUT2D eigenvalue weighted by molar-refractivity contribution is 7.20. The Morgan fingerprint density at radius 2 is 0.385 bits per heavy atom. The second-order valence-electron chi connectivity index (χ2n) is 20.7. The summed E-state index contributed by atoms with van der Waals surface area (Å²) in [5, 5.41) is 21.0. The summed E-state index contributed by atoms with van der Waals surface area (Å²) < 4.78 is 0. The standard InChI is InChI=1S/C76H54Si2/c1-7-23-61(24-8-1)77(62-25-9-2-10-26-62,63-27-11-3-12-28-63)67-45-43-55-51-59(41-39-57(55)53-67)69-47-49-75(73-37-21-19-35-71(69)73)76-50-48-70(72-36-20-22-38-74(72)76)60-42-40-58-54-68(46-44-56(58)52-60)78(64-29-13-4-14-30-64,65-31-15-5-16-32-65)66-33-17-6-18-34-66/h1-54H. The van der Waals surface area contributed by atoms with E-state index < -0.39 is 16.1 Å². The Hall–Kier alpha value is -9.45. The monoisotopic (exact) mass is 1020 g/mol. The van der Waals surface area contributed by atoms with Gasteiger partial charge in [0.05, 0.1) is 0 Å². The molecule has 0 aliphatic rings. The normalized spacial score (nSPS) is 11.8. The van der Waals surface area contributed by atoms with Crippen LogP contribution in [0.3, 0.4) is 0 Å². The van der Waals surface area contributed by atoms with Crippen molar-refractivity contribution in [2.75, 3.05) is 0 Å². The lowest BCUT2D eigenvalue weighted by molar-refractivity contribution is 1.64. The fraction of sp³-hybridized carbons (Fsp3) is 0. The summed E-state index contributed by atoms with van der Waals surface area (Å²) in [6.07, 6.45) is 0. The SMILES string of the molecule is c1ccc([Si](c2ccccc2)(c2ccccc2)c2ccc3cc(-c4ccc(-c5ccc(-c6ccc7cc([Si](c8ccccc8)(c8ccccc8)c8ccccc8)ccc7c6)c6ccccc56)c5ccccc45)ccc3c2)cc1. The maximum atomic E-state index is 2.47. The molecule has 0 atom stereocenters. The Labute approximate surface area is 458 Å². The largest absolute Gasteiger partial charge is 0.179 e. The number of rotatable bonds is 11. The Morgan fingerprint density at radius 1 is 0.154 bits per heavy atom. The van der Waals surface area contributed by atoms with Gasteiger partial charge in [-0.25, -0.2) is 0 Å². The maximum absolute atomic E-state index is 2.66. The third-order valence-electron chi connectivity index (χ3n) is 16.5. The van der Waals surface area contributed by atoms with Gasteiger partial charge in [-0.15, -0.1) is 0 Å². The summed E-state index contributed by atoms with van der Waals surface area (Å²) in [7, 11) is -5.32. The van der Waals surface area contributed by atoms with Crippen molar-refractivity contribution in [1.82, 2.24) is 0 Å². The van der Waals surface area contributed by atoms with Gasteiger partial charge in [0.2, 0.25) is 0 Å². The lowest BCUT2D eigenvalue weighted by Crippen LogP contribution is -2.74. The molecule has 0 fully saturated rings. The number of hydrogen-bond acceptors (Lipinski definition) is 0. The van der Waals surface area contributed by atoms with Gasteiger partial charge in [-0.1, -0.05) is 315 Å². The Kier molecular flexibility index (Phi) is 12.0. The molecule has 0 spiro atoms. The van der Waals surface area contributed by atoms with Crippen LogP contribution in [0.2, 0.25) is 0 Å². The van der Waals surface area contributed by atoms with Crippen molar-refractivity contribution in [3.05, 3.63) is 328 Å². The molecule has 14 aromatic rings. The van der Waals surface area contributed by atoms with Gasteiger partial charge < -0.3 is 0 Å². The Bertz CT molecular complexity index is 3980. The smallest absolute Gasteiger partial charge is 0.0623 e. The van der Waals surface area contributed by atoms with Gasteiger partial charge in [-0.3, -0.25) is 0 Å². The molecule has 366 valence electrons. The van der Waals surface area contributed by atoms with Crippen LogP contribution in [-0.2, 0) is 0 Å². The lowest BCUT2D eigenvalue weighted by Gasteiger charge is -2.34. The third-order valence-corrected chi connectivity index (χ3v) is 26.1. The molecule has 0 aromatic heterocycles. The van der Waals surface area contributed by atoms with Gasteiger partial charge >= 0.3 is 0 Å². The van der Waals surface area contributed by atoms with Gasteiger partial charge in [0.25, 0.3) is 0 Å². The van der Waals surface area contributed by atoms with E-state index >= 15 is 0 Å². The third kappa shape index (κ3) is 7.88. The summed E-state index contributed by atoms with van der Waals surface area (Å²) in [6, 6.07) is 123. The first kappa shape index (κ1) is 47.0. The quantitative estimate of drug-likeness (QED) is 0.0895. The molecule has 0 aliphatic heterocycles. The molecule has 78 heavy (non-hydrogen) atoms. The highest BCUT2D eigenvalue weighted by Gasteiger charge is 2.42. The Balaban J connectivity index is 0.836. The molecule has 14 aromatic carbocycles. The molecular weight excluding hydrogens is 969 g/mol. The van der Waals surface area contributed by atoms with Crippen LogP contribution >= 0.6 is 0 Å². The summed E-state index contributed by atoms with van der Waals surface area (Å²) >= 11 is 0. The minimum atomic E-state index is -2.66. The molecule has 0 saturated carbocycles. The molecule has 0 amide bonds. The summed E-state index contributed by atoms with van der Waals surface area (Å²) in [5.41, 5.74) is 7.37. The van der Waals surface area contributed by atoms with E-state index in [1.54, 1.807) is 0 Å². The van der Waals surface area contributed by atoms with Crippen molar-refractivity contribution in [1.29, 1.82) is 0 Å². The zero-order valence-electron chi connectivity index (χ0n) is 43.2. The number of fused-ring (bicyclic) bond motifs is 4. The molecule has 14 rings (SSSR count). The first-order valence-electron chi connectivity index (χ1n) is 27.1. The fourth-order valence-electron chi connectivity index (χ4n) is 13.0. The first-order valence-corrected chi connectivity index (χ1v) is 31.1. The maximum Gasteiger partial charge on any atom is 0.179 e. The highest BCUT2D eigenvalue weighted by atomic mass is 28.3. The van der Waals surface area contributed by atoms with Gasteiger partial charge in [0, 0.05) is 0 Å². The minimum Gasteiger partial charge on any atom is -0.0623 e. The summed E-state index contributed by atoms with van der Waals surface area (Å²) in [4.78, 5) is 0. The van der Waals surface area contributed by atoms with E-state index in [0.717, 1.165) is 0 Å². The van der Waals surface area contributed by atoms with Gasteiger partial charge in [-0.2, -0.15) is 0 Å². The fourth-order valence-corrected chi connectivity index (χ4v) is 22.6. The number of benzene rings is 14. The van der Waals surface area contributed by atoms with Crippen LogP contribution in [0.5, 0.6) is 0 Å². The molecule has 2 heteroatoms. The van der Waals surface area contributed by atoms with Gasteiger partial charge in [0.1, 0.15) is 0 Å². The van der Waals surface area contributed by atoms with Gasteiger partial charge in [0.15, 0.2) is 16.1 Å². The van der Waals surface area contributed by atoms with E-state index in [1.165, 1.54) is 118 Å². The highest BCUT2D eigenvalue weighted by Crippen LogP contribution is 2.42. The molecule has 0 radical (unpaired) electrons. The van der Waals surface area contributed by atoms with Crippen molar-refractivity contribution >= 4 is 101 Å². The predicted molar refractivity (Wildman–Crippen MR) is 340 cm³/mol. The minimum absolute atomic E-state index is 1.22. The Morgan fingerprint density at radius 3 is 0.679 bits per heavy atom. The van der Waals surface area contributed by atoms with E-state index in [2.05, 4.69) is 328 Å². The van der Waals surface area contributed by atoms with E-state index in [-0.39, 0.29) is 0 Å². The van der Waals surface area contributed by atoms with E-state index in [0.29, 0.717) is 0 Å². The van der Waals surface area contributed by atoms with Crippen LogP contribution in [0, 0.1) is 0 Å². The topological polar surface area (TPSA) is 0 Å². The van der Waals surface area contributed by atoms with Crippen LogP contribution in [0.1, 0.15) is 0 Å². The summed E-state index contributed by atoms with van der Waals surface area (Å²) in [5.74, 6) is 0. The zero-order valence-corrected chi connectivity index (χ0v) is 45.2. The predicted octanol–water partition coefficient (Wildman–Crippen LogP) is 14.1. The molecular formula is C76H54Si2. The average Bonchev–Trinajstić information content (AvgIpc) is 3.69. The van der Waals surface area contributed by atoms with Crippen LogP contribution in [-0.4, -0.2) is 16.1 Å². The number of hydrogen-bond donors (Lipinski definition) is 0. The van der Waals surface area contributed by atoms with E-state index in [9.17, 15) is 0 Å². The van der Waals surface area contributed by atoms with Crippen molar-refractivity contribution in [3.63, 3.8) is 0 Å². The molecule has 0 bridgehead atoms. The van der Waals surface area contributed by atoms with E-state index in [4.69, 9.17) is 0 Å². The molecule has 0 aliphatic carbocycles. The van der Waals surface area contributed by atoms with E-state index in [1.807, 2.05) is 0 Å². The van der Waals surface area contributed by atoms with Crippen LogP contribution in [0.15, 0.2) is 328 Å². The summed E-state index contributed by atoms with van der Waals surface area (Å²) in [6.45, 7) is 0.